The van der Waals surface area contributed by atoms with Gasteiger partial charge in [-0.2, -0.15) is 0 Å². The van der Waals surface area contributed by atoms with Crippen molar-refractivity contribution in [2.75, 3.05) is 25.1 Å². The van der Waals surface area contributed by atoms with E-state index < -0.39 is 18.1 Å². The smallest absolute Gasteiger partial charge is 0.326 e. The van der Waals surface area contributed by atoms with E-state index in [2.05, 4.69) is 5.32 Å². The molecule has 0 unspecified atom stereocenters. The fourth-order valence-corrected chi connectivity index (χ4v) is 3.26. The summed E-state index contributed by atoms with van der Waals surface area (Å²) in [4.78, 5) is 35.0. The first-order valence-electron chi connectivity index (χ1n) is 6.93. The van der Waals surface area contributed by atoms with Crippen molar-refractivity contribution in [3.8, 4) is 0 Å². The molecule has 0 aromatic carbocycles. The second kappa shape index (κ2) is 11.6. The largest absolute Gasteiger partial charge is 0.480 e. The van der Waals surface area contributed by atoms with E-state index in [1.54, 1.807) is 6.92 Å². The first kappa shape index (κ1) is 21.1. The predicted molar refractivity (Wildman–Crippen MR) is 88.7 cm³/mol. The number of carboxylic acid groups (broad SMARTS) is 1. The maximum absolute atomic E-state index is 11.7. The molecule has 9 heteroatoms. The number of aliphatic hydroxyl groups is 1. The molecule has 0 fully saturated rings. The van der Waals surface area contributed by atoms with Crippen LogP contribution in [0.25, 0.3) is 0 Å². The molecule has 0 saturated heterocycles. The number of nitrogens with one attached hydrogen (secondary N) is 1. The molecule has 2 atom stereocenters. The van der Waals surface area contributed by atoms with Gasteiger partial charge in [0.2, 0.25) is 11.8 Å². The lowest BCUT2D eigenvalue weighted by atomic mass is 10.3. The number of amides is 2. The minimum absolute atomic E-state index is 0.0976. The Kier molecular flexibility index (Phi) is 11.1. The summed E-state index contributed by atoms with van der Waals surface area (Å²) in [5.74, 6) is -0.118. The highest BCUT2D eigenvalue weighted by molar-refractivity contribution is 8.76. The lowest BCUT2D eigenvalue weighted by Crippen LogP contribution is -2.40. The first-order chi connectivity index (χ1) is 10.3. The van der Waals surface area contributed by atoms with Crippen LogP contribution in [-0.4, -0.2) is 70.1 Å². The van der Waals surface area contributed by atoms with Gasteiger partial charge in [-0.25, -0.2) is 4.79 Å². The van der Waals surface area contributed by atoms with Crippen molar-refractivity contribution in [2.24, 2.45) is 0 Å². The lowest BCUT2D eigenvalue weighted by Gasteiger charge is -2.21. The molecule has 0 aromatic rings. The van der Waals surface area contributed by atoms with Gasteiger partial charge in [0.15, 0.2) is 0 Å². The lowest BCUT2D eigenvalue weighted by molar-refractivity contribution is -0.148. The Labute approximate surface area is 138 Å². The molecule has 0 aliphatic heterocycles. The van der Waals surface area contributed by atoms with Gasteiger partial charge in [-0.3, -0.25) is 9.59 Å². The molecular weight excluding hydrogens is 328 g/mol. The second-order valence-corrected chi connectivity index (χ2v) is 7.52. The average molecular weight is 352 g/mol. The standard InChI is InChI=1S/C13H24N2O5S2/c1-9(16)8-11(17)14-5-7-22-21-6-4-12(18)15(3)10(2)13(19)20/h9-10,16H,4-8H2,1-3H3,(H,14,17)(H,19,20)/t9-,10+/m1/s1. The van der Waals surface area contributed by atoms with Gasteiger partial charge < -0.3 is 20.4 Å². The Hall–Kier alpha value is -0.930. The fourth-order valence-electron chi connectivity index (χ4n) is 1.38. The van der Waals surface area contributed by atoms with Crippen LogP contribution in [0, 0.1) is 0 Å². The molecule has 0 rings (SSSR count). The Balaban J connectivity index is 3.63. The number of carbonyl (C=O) groups is 3. The zero-order chi connectivity index (χ0) is 17.1. The van der Waals surface area contributed by atoms with Crippen molar-refractivity contribution in [3.05, 3.63) is 0 Å². The van der Waals surface area contributed by atoms with Gasteiger partial charge >= 0.3 is 5.97 Å². The summed E-state index contributed by atoms with van der Waals surface area (Å²) in [6, 6.07) is -0.825. The zero-order valence-electron chi connectivity index (χ0n) is 13.1. The monoisotopic (exact) mass is 352 g/mol. The van der Waals surface area contributed by atoms with Crippen LogP contribution in [0.2, 0.25) is 0 Å². The molecule has 0 saturated carbocycles. The van der Waals surface area contributed by atoms with Gasteiger partial charge in [0.1, 0.15) is 6.04 Å². The molecule has 0 aliphatic rings. The summed E-state index contributed by atoms with van der Waals surface area (Å²) < 4.78 is 0. The van der Waals surface area contributed by atoms with Crippen molar-refractivity contribution < 1.29 is 24.6 Å². The summed E-state index contributed by atoms with van der Waals surface area (Å²) in [5, 5.41) is 20.5. The van der Waals surface area contributed by atoms with Crippen LogP contribution in [0.4, 0.5) is 0 Å². The third-order valence-corrected chi connectivity index (χ3v) is 5.21. The number of rotatable bonds is 11. The van der Waals surface area contributed by atoms with Crippen molar-refractivity contribution >= 4 is 39.4 Å². The molecule has 2 amide bonds. The van der Waals surface area contributed by atoms with E-state index in [9.17, 15) is 14.4 Å². The summed E-state index contributed by atoms with van der Waals surface area (Å²) in [7, 11) is 4.52. The normalized spacial score (nSPS) is 13.3. The summed E-state index contributed by atoms with van der Waals surface area (Å²) in [6.07, 6.45) is -0.265. The highest BCUT2D eigenvalue weighted by Crippen LogP contribution is 2.21. The molecular formula is C13H24N2O5S2. The number of carboxylic acids is 1. The number of likely N-dealkylation sites (N-methyl/N-ethyl adjacent to an activating group) is 1. The summed E-state index contributed by atoms with van der Waals surface area (Å²) in [6.45, 7) is 3.54. The number of nitrogens with zero attached hydrogens (tertiary/aromatic N) is 1. The highest BCUT2D eigenvalue weighted by Gasteiger charge is 2.20. The van der Waals surface area contributed by atoms with Crippen LogP contribution in [0.1, 0.15) is 26.7 Å². The van der Waals surface area contributed by atoms with Gasteiger partial charge in [-0.1, -0.05) is 21.6 Å². The van der Waals surface area contributed by atoms with E-state index in [1.807, 2.05) is 0 Å². The van der Waals surface area contributed by atoms with E-state index in [-0.39, 0.29) is 24.7 Å². The van der Waals surface area contributed by atoms with Crippen LogP contribution < -0.4 is 5.32 Å². The van der Waals surface area contributed by atoms with Crippen LogP contribution in [0.3, 0.4) is 0 Å². The number of aliphatic carboxylic acids is 1. The van der Waals surface area contributed by atoms with E-state index in [0.717, 1.165) is 0 Å². The maximum Gasteiger partial charge on any atom is 0.326 e. The van der Waals surface area contributed by atoms with Crippen LogP contribution >= 0.6 is 21.6 Å². The minimum Gasteiger partial charge on any atom is -0.480 e. The van der Waals surface area contributed by atoms with Crippen molar-refractivity contribution in [1.29, 1.82) is 0 Å². The third-order valence-electron chi connectivity index (χ3n) is 2.80. The topological polar surface area (TPSA) is 107 Å². The third kappa shape index (κ3) is 9.91. The zero-order valence-corrected chi connectivity index (χ0v) is 14.7. The van der Waals surface area contributed by atoms with E-state index in [0.29, 0.717) is 18.1 Å². The molecule has 3 N–H and O–H groups in total. The molecule has 0 radical (unpaired) electrons. The van der Waals surface area contributed by atoms with Crippen LogP contribution in [-0.2, 0) is 14.4 Å². The molecule has 22 heavy (non-hydrogen) atoms. The summed E-state index contributed by atoms with van der Waals surface area (Å²) in [5.41, 5.74) is 0. The van der Waals surface area contributed by atoms with Gasteiger partial charge in [-0.05, 0) is 13.8 Å². The Morgan fingerprint density at radius 1 is 1.18 bits per heavy atom. The van der Waals surface area contributed by atoms with E-state index in [1.165, 1.54) is 40.5 Å². The number of hydrogen-bond acceptors (Lipinski definition) is 6. The van der Waals surface area contributed by atoms with Crippen molar-refractivity contribution in [1.82, 2.24) is 10.2 Å². The Morgan fingerprint density at radius 2 is 1.77 bits per heavy atom. The van der Waals surface area contributed by atoms with Crippen molar-refractivity contribution in [3.63, 3.8) is 0 Å². The first-order valence-corrected chi connectivity index (χ1v) is 9.42. The molecule has 7 nitrogen and oxygen atoms in total. The second-order valence-electron chi connectivity index (χ2n) is 4.82. The average Bonchev–Trinajstić information content (AvgIpc) is 2.43. The maximum atomic E-state index is 11.7. The van der Waals surface area contributed by atoms with Crippen LogP contribution in [0.5, 0.6) is 0 Å². The minimum atomic E-state index is -1.02. The number of carbonyl (C=O) groups excluding carboxylic acids is 2. The van der Waals surface area contributed by atoms with E-state index >= 15 is 0 Å². The fraction of sp³-hybridized carbons (Fsp3) is 0.769. The quantitative estimate of drug-likeness (QED) is 0.369. The van der Waals surface area contributed by atoms with Gasteiger partial charge in [0, 0.05) is 31.5 Å². The Morgan fingerprint density at radius 3 is 2.32 bits per heavy atom. The number of aliphatic hydroxyl groups excluding tert-OH is 1. The summed E-state index contributed by atoms with van der Waals surface area (Å²) >= 11 is 0. The SMILES string of the molecule is C[C@@H](O)CC(=O)NCCSSCCC(=O)N(C)[C@@H](C)C(=O)O. The predicted octanol–water partition coefficient (Wildman–Crippen LogP) is 0.577. The molecule has 0 aromatic heterocycles. The Bertz CT molecular complexity index is 379. The molecule has 0 bridgehead atoms. The number of hydrogen-bond donors (Lipinski definition) is 3. The van der Waals surface area contributed by atoms with Gasteiger partial charge in [0.25, 0.3) is 0 Å². The molecule has 128 valence electrons. The van der Waals surface area contributed by atoms with Crippen LogP contribution in [0.15, 0.2) is 0 Å². The van der Waals surface area contributed by atoms with Gasteiger partial charge in [-0.15, -0.1) is 0 Å². The molecule has 0 aliphatic carbocycles. The van der Waals surface area contributed by atoms with Crippen molar-refractivity contribution in [2.45, 2.75) is 38.8 Å². The molecule has 0 spiro atoms. The van der Waals surface area contributed by atoms with Gasteiger partial charge in [0.05, 0.1) is 12.5 Å². The van der Waals surface area contributed by atoms with E-state index in [4.69, 9.17) is 10.2 Å². The highest BCUT2D eigenvalue weighted by atomic mass is 33.1. The molecule has 0 heterocycles.